The third kappa shape index (κ3) is 8.21. The molecule has 0 bridgehead atoms. The molecule has 0 aromatic carbocycles. The van der Waals surface area contributed by atoms with E-state index >= 15 is 0 Å². The van der Waals surface area contributed by atoms with Gasteiger partial charge in [0.1, 0.15) is 6.10 Å². The number of nitrogens with zero attached hydrogens (tertiary/aromatic N) is 2. The molecule has 23 heavy (non-hydrogen) atoms. The molecule has 0 aromatic rings. The van der Waals surface area contributed by atoms with E-state index in [9.17, 15) is 9.59 Å². The number of ether oxygens (including phenoxy) is 1. The molecule has 6 nitrogen and oxygen atoms in total. The molecule has 0 unspecified atom stereocenters. The van der Waals surface area contributed by atoms with E-state index in [1.165, 1.54) is 0 Å². The molecule has 6 heteroatoms. The number of rotatable bonds is 7. The van der Waals surface area contributed by atoms with Crippen molar-refractivity contribution in [1.29, 1.82) is 0 Å². The minimum Gasteiger partial charge on any atom is -0.447 e. The molecule has 1 aliphatic rings. The molecule has 0 aliphatic carbocycles. The van der Waals surface area contributed by atoms with Gasteiger partial charge in [-0.1, -0.05) is 13.8 Å². The predicted molar refractivity (Wildman–Crippen MR) is 91.3 cm³/mol. The molecule has 1 saturated heterocycles. The molecule has 1 rings (SSSR count). The van der Waals surface area contributed by atoms with Crippen molar-refractivity contribution >= 4 is 12.0 Å². The van der Waals surface area contributed by atoms with Crippen LogP contribution in [0.1, 0.15) is 40.0 Å². The third-order valence-corrected chi connectivity index (χ3v) is 4.21. The van der Waals surface area contributed by atoms with Crippen molar-refractivity contribution in [3.8, 4) is 0 Å². The van der Waals surface area contributed by atoms with Gasteiger partial charge in [0.25, 0.3) is 0 Å². The Balaban J connectivity index is 2.18. The molecule has 0 saturated carbocycles. The number of hydrogen-bond acceptors (Lipinski definition) is 4. The average Bonchev–Trinajstić information content (AvgIpc) is 2.45. The van der Waals surface area contributed by atoms with E-state index in [-0.39, 0.29) is 18.1 Å². The summed E-state index contributed by atoms with van der Waals surface area (Å²) in [6.45, 7) is 9.12. The zero-order chi connectivity index (χ0) is 17.4. The highest BCUT2D eigenvalue weighted by atomic mass is 16.6. The zero-order valence-corrected chi connectivity index (χ0v) is 15.3. The summed E-state index contributed by atoms with van der Waals surface area (Å²) in [5.41, 5.74) is 0. The van der Waals surface area contributed by atoms with E-state index in [0.717, 1.165) is 32.4 Å². The number of hydrogen-bond donors (Lipinski definition) is 1. The maximum atomic E-state index is 11.8. The Bertz CT molecular complexity index is 377. The van der Waals surface area contributed by atoms with E-state index in [2.05, 4.69) is 24.1 Å². The molecule has 1 aliphatic heterocycles. The number of likely N-dealkylation sites (tertiary alicyclic amines) is 1. The highest BCUT2D eigenvalue weighted by Crippen LogP contribution is 2.16. The summed E-state index contributed by atoms with van der Waals surface area (Å²) in [5.74, 6) is 1.13. The number of carbonyl (C=O) groups is 2. The van der Waals surface area contributed by atoms with Crippen LogP contribution >= 0.6 is 0 Å². The van der Waals surface area contributed by atoms with Gasteiger partial charge in [-0.05, 0) is 51.1 Å². The van der Waals surface area contributed by atoms with Gasteiger partial charge in [-0.25, -0.2) is 4.79 Å². The molecule has 0 radical (unpaired) electrons. The lowest BCUT2D eigenvalue weighted by atomic mass is 9.97. The summed E-state index contributed by atoms with van der Waals surface area (Å²) in [7, 11) is 3.57. The van der Waals surface area contributed by atoms with E-state index < -0.39 is 0 Å². The summed E-state index contributed by atoms with van der Waals surface area (Å²) in [4.78, 5) is 27.3. The highest BCUT2D eigenvalue weighted by molar-refractivity contribution is 5.77. The van der Waals surface area contributed by atoms with Crippen LogP contribution in [-0.4, -0.2) is 68.2 Å². The van der Waals surface area contributed by atoms with Crippen molar-refractivity contribution in [3.05, 3.63) is 0 Å². The van der Waals surface area contributed by atoms with Crippen LogP contribution in [0, 0.1) is 11.8 Å². The fraction of sp³-hybridized carbons (Fsp3) is 0.882. The van der Waals surface area contributed by atoms with Crippen molar-refractivity contribution in [2.45, 2.75) is 46.1 Å². The van der Waals surface area contributed by atoms with Crippen LogP contribution in [0.15, 0.2) is 0 Å². The van der Waals surface area contributed by atoms with Gasteiger partial charge in [0.2, 0.25) is 5.91 Å². The van der Waals surface area contributed by atoms with Gasteiger partial charge in [-0.15, -0.1) is 0 Å². The number of nitrogens with one attached hydrogen (secondary N) is 1. The molecule has 1 N–H and O–H groups in total. The van der Waals surface area contributed by atoms with E-state index in [0.29, 0.717) is 24.9 Å². The first kappa shape index (κ1) is 19.7. The standard InChI is InChI=1S/C17H33N3O3/c1-13(2)10-14(3)23-17(22)18-11-15-6-8-20(9-7-15)12-16(21)19(4)5/h13-15H,6-12H2,1-5H3,(H,18,22)/t14-/m1/s1. The normalized spacial score (nSPS) is 17.8. The van der Waals surface area contributed by atoms with Crippen LogP contribution in [0.3, 0.4) is 0 Å². The third-order valence-electron chi connectivity index (χ3n) is 4.21. The summed E-state index contributed by atoms with van der Waals surface area (Å²) < 4.78 is 5.34. The molecule has 1 fully saturated rings. The van der Waals surface area contributed by atoms with Gasteiger partial charge < -0.3 is 15.0 Å². The summed E-state index contributed by atoms with van der Waals surface area (Å²) in [6.07, 6.45) is 2.52. The summed E-state index contributed by atoms with van der Waals surface area (Å²) >= 11 is 0. The van der Waals surface area contributed by atoms with Crippen LogP contribution in [0.2, 0.25) is 0 Å². The molecular weight excluding hydrogens is 294 g/mol. The molecule has 2 amide bonds. The maximum absolute atomic E-state index is 11.8. The van der Waals surface area contributed by atoms with Crippen LogP contribution in [0.25, 0.3) is 0 Å². The topological polar surface area (TPSA) is 61.9 Å². The van der Waals surface area contributed by atoms with E-state index in [4.69, 9.17) is 4.74 Å². The minimum atomic E-state index is -0.316. The summed E-state index contributed by atoms with van der Waals surface area (Å²) in [5, 5.41) is 2.88. The van der Waals surface area contributed by atoms with Gasteiger partial charge >= 0.3 is 6.09 Å². The van der Waals surface area contributed by atoms with Gasteiger partial charge in [0.05, 0.1) is 6.54 Å². The Morgan fingerprint density at radius 1 is 1.22 bits per heavy atom. The Hall–Kier alpha value is -1.30. The molecule has 1 atom stereocenters. The second-order valence-corrected chi connectivity index (χ2v) is 7.23. The fourth-order valence-corrected chi connectivity index (χ4v) is 2.85. The lowest BCUT2D eigenvalue weighted by molar-refractivity contribution is -0.130. The van der Waals surface area contributed by atoms with Crippen LogP contribution in [-0.2, 0) is 9.53 Å². The van der Waals surface area contributed by atoms with Gasteiger partial charge in [0, 0.05) is 20.6 Å². The SMILES string of the molecule is CC(C)C[C@@H](C)OC(=O)NCC1CCN(CC(=O)N(C)C)CC1. The average molecular weight is 327 g/mol. The molecule has 1 heterocycles. The van der Waals surface area contributed by atoms with E-state index in [1.807, 2.05) is 6.92 Å². The van der Waals surface area contributed by atoms with Crippen molar-refractivity contribution in [2.24, 2.45) is 11.8 Å². The lowest BCUT2D eigenvalue weighted by Crippen LogP contribution is -2.43. The monoisotopic (exact) mass is 327 g/mol. The zero-order valence-electron chi connectivity index (χ0n) is 15.3. The van der Waals surface area contributed by atoms with Gasteiger partial charge in [0.15, 0.2) is 0 Å². The minimum absolute atomic E-state index is 0.0473. The van der Waals surface area contributed by atoms with E-state index in [1.54, 1.807) is 19.0 Å². The Morgan fingerprint density at radius 3 is 2.35 bits per heavy atom. The second-order valence-electron chi connectivity index (χ2n) is 7.23. The van der Waals surface area contributed by atoms with Crippen molar-refractivity contribution < 1.29 is 14.3 Å². The second kappa shape index (κ2) is 9.75. The Kier molecular flexibility index (Phi) is 8.37. The maximum Gasteiger partial charge on any atom is 0.407 e. The smallest absolute Gasteiger partial charge is 0.407 e. The fourth-order valence-electron chi connectivity index (χ4n) is 2.85. The quantitative estimate of drug-likeness (QED) is 0.776. The van der Waals surface area contributed by atoms with Crippen LogP contribution < -0.4 is 5.32 Å². The predicted octanol–water partition coefficient (Wildman–Crippen LogP) is 1.95. The van der Waals surface area contributed by atoms with Crippen molar-refractivity contribution in [3.63, 3.8) is 0 Å². The summed E-state index contributed by atoms with van der Waals surface area (Å²) in [6, 6.07) is 0. The van der Waals surface area contributed by atoms with Crippen LogP contribution in [0.4, 0.5) is 4.79 Å². The number of likely N-dealkylation sites (N-methyl/N-ethyl adjacent to an activating group) is 1. The first-order valence-corrected chi connectivity index (χ1v) is 8.65. The Labute approximate surface area is 140 Å². The molecule has 134 valence electrons. The first-order valence-electron chi connectivity index (χ1n) is 8.65. The molecule has 0 spiro atoms. The first-order chi connectivity index (χ1) is 10.8. The lowest BCUT2D eigenvalue weighted by Gasteiger charge is -2.32. The van der Waals surface area contributed by atoms with Gasteiger partial charge in [-0.3, -0.25) is 9.69 Å². The van der Waals surface area contributed by atoms with Crippen LogP contribution in [0.5, 0.6) is 0 Å². The molecule has 0 aromatic heterocycles. The molecular formula is C17H33N3O3. The number of alkyl carbamates (subject to hydrolysis) is 1. The number of piperidine rings is 1. The largest absolute Gasteiger partial charge is 0.447 e. The van der Waals surface area contributed by atoms with Crippen molar-refractivity contribution in [1.82, 2.24) is 15.1 Å². The van der Waals surface area contributed by atoms with Gasteiger partial charge in [-0.2, -0.15) is 0 Å². The highest BCUT2D eigenvalue weighted by Gasteiger charge is 2.22. The number of carbonyl (C=O) groups excluding carboxylic acids is 2. The Morgan fingerprint density at radius 2 is 1.83 bits per heavy atom. The number of amides is 2. The van der Waals surface area contributed by atoms with Crippen molar-refractivity contribution in [2.75, 3.05) is 40.3 Å².